The molecule has 4 rings (SSSR count). The Hall–Kier alpha value is -3.40. The van der Waals surface area contributed by atoms with Crippen LogP contribution in [0, 0.1) is 0 Å². The number of carbonyl (C=O) groups is 2. The molecule has 0 aliphatic heterocycles. The fourth-order valence-electron chi connectivity index (χ4n) is 4.23. The van der Waals surface area contributed by atoms with E-state index in [0.717, 1.165) is 18.4 Å². The Labute approximate surface area is 183 Å². The topological polar surface area (TPSA) is 55.4 Å². The quantitative estimate of drug-likeness (QED) is 0.588. The standard InChI is InChI=1S/C27H27NO3/c29-23-15-17-27(18-16-23,22-11-5-2-6-12-22)20-28-26(30)24-13-7-8-14-25(24)31-19-21-9-3-1-4-10-21/h1-14H,15-20H2,(H,28,30). The molecule has 1 aliphatic carbocycles. The summed E-state index contributed by atoms with van der Waals surface area (Å²) >= 11 is 0. The lowest BCUT2D eigenvalue weighted by Gasteiger charge is -2.37. The van der Waals surface area contributed by atoms with E-state index in [1.807, 2.05) is 66.7 Å². The molecule has 1 fully saturated rings. The number of rotatable bonds is 7. The number of para-hydroxylation sites is 1. The first-order valence-electron chi connectivity index (χ1n) is 10.8. The largest absolute Gasteiger partial charge is 0.488 e. The second-order valence-electron chi connectivity index (χ2n) is 8.14. The summed E-state index contributed by atoms with van der Waals surface area (Å²) in [6.07, 6.45) is 2.62. The SMILES string of the molecule is O=C1CCC(CNC(=O)c2ccccc2OCc2ccccc2)(c2ccccc2)CC1. The van der Waals surface area contributed by atoms with Gasteiger partial charge in [-0.3, -0.25) is 9.59 Å². The molecule has 1 N–H and O–H groups in total. The van der Waals surface area contributed by atoms with E-state index in [2.05, 4.69) is 17.4 Å². The van der Waals surface area contributed by atoms with Gasteiger partial charge in [0.05, 0.1) is 5.56 Å². The molecular formula is C27H27NO3. The lowest BCUT2D eigenvalue weighted by molar-refractivity contribution is -0.121. The first kappa shape index (κ1) is 20.9. The number of ketones is 1. The van der Waals surface area contributed by atoms with Crippen molar-refractivity contribution in [3.63, 3.8) is 0 Å². The molecule has 0 unspecified atom stereocenters. The third kappa shape index (κ3) is 5.02. The van der Waals surface area contributed by atoms with Crippen LogP contribution in [0.5, 0.6) is 5.75 Å². The Balaban J connectivity index is 1.48. The number of hydrogen-bond donors (Lipinski definition) is 1. The summed E-state index contributed by atoms with van der Waals surface area (Å²) in [5.74, 6) is 0.713. The molecule has 1 amide bonds. The zero-order chi connectivity index (χ0) is 21.5. The molecule has 4 nitrogen and oxygen atoms in total. The Kier molecular flexibility index (Phi) is 6.46. The minimum absolute atomic E-state index is 0.157. The van der Waals surface area contributed by atoms with Crippen LogP contribution >= 0.6 is 0 Å². The van der Waals surface area contributed by atoms with E-state index in [9.17, 15) is 9.59 Å². The molecule has 31 heavy (non-hydrogen) atoms. The van der Waals surface area contributed by atoms with E-state index in [0.29, 0.717) is 43.1 Å². The zero-order valence-corrected chi connectivity index (χ0v) is 17.6. The summed E-state index contributed by atoms with van der Waals surface area (Å²) in [5.41, 5.74) is 2.53. The van der Waals surface area contributed by atoms with Crippen molar-refractivity contribution in [3.05, 3.63) is 102 Å². The van der Waals surface area contributed by atoms with Crippen LogP contribution in [-0.4, -0.2) is 18.2 Å². The van der Waals surface area contributed by atoms with Gasteiger partial charge in [-0.2, -0.15) is 0 Å². The Morgan fingerprint density at radius 1 is 0.839 bits per heavy atom. The molecule has 0 radical (unpaired) electrons. The fourth-order valence-corrected chi connectivity index (χ4v) is 4.23. The van der Waals surface area contributed by atoms with E-state index >= 15 is 0 Å². The van der Waals surface area contributed by atoms with Gasteiger partial charge in [0.25, 0.3) is 5.91 Å². The fraction of sp³-hybridized carbons (Fsp3) is 0.259. The van der Waals surface area contributed by atoms with Gasteiger partial charge in [0.2, 0.25) is 0 Å². The summed E-state index contributed by atoms with van der Waals surface area (Å²) < 4.78 is 5.95. The average Bonchev–Trinajstić information content (AvgIpc) is 2.84. The van der Waals surface area contributed by atoms with E-state index < -0.39 is 0 Å². The number of nitrogens with one attached hydrogen (secondary N) is 1. The molecule has 0 atom stereocenters. The summed E-state index contributed by atoms with van der Waals surface area (Å²) in [7, 11) is 0. The van der Waals surface area contributed by atoms with Crippen LogP contribution in [0.4, 0.5) is 0 Å². The van der Waals surface area contributed by atoms with Crippen molar-refractivity contribution in [2.75, 3.05) is 6.54 Å². The molecule has 3 aromatic carbocycles. The highest BCUT2D eigenvalue weighted by Crippen LogP contribution is 2.38. The van der Waals surface area contributed by atoms with Crippen molar-refractivity contribution >= 4 is 11.7 Å². The van der Waals surface area contributed by atoms with Crippen LogP contribution in [0.25, 0.3) is 0 Å². The third-order valence-corrected chi connectivity index (χ3v) is 6.11. The molecular weight excluding hydrogens is 386 g/mol. The maximum atomic E-state index is 13.1. The van der Waals surface area contributed by atoms with Crippen molar-refractivity contribution in [1.29, 1.82) is 0 Å². The summed E-state index contributed by atoms with van der Waals surface area (Å²) in [5, 5.41) is 3.13. The van der Waals surface area contributed by atoms with E-state index in [4.69, 9.17) is 4.74 Å². The molecule has 1 saturated carbocycles. The maximum Gasteiger partial charge on any atom is 0.255 e. The van der Waals surface area contributed by atoms with Gasteiger partial charge < -0.3 is 10.1 Å². The number of carbonyl (C=O) groups excluding carboxylic acids is 2. The van der Waals surface area contributed by atoms with Gasteiger partial charge in [-0.25, -0.2) is 0 Å². The van der Waals surface area contributed by atoms with Crippen molar-refractivity contribution in [3.8, 4) is 5.75 Å². The average molecular weight is 414 g/mol. The van der Waals surface area contributed by atoms with Gasteiger partial charge in [-0.15, -0.1) is 0 Å². The molecule has 158 valence electrons. The Bertz CT molecular complexity index is 1020. The molecule has 4 heteroatoms. The second-order valence-corrected chi connectivity index (χ2v) is 8.14. The normalized spacial score (nSPS) is 15.3. The molecule has 0 spiro atoms. The molecule has 0 bridgehead atoms. The summed E-state index contributed by atoms with van der Waals surface area (Å²) in [4.78, 5) is 25.0. The predicted molar refractivity (Wildman–Crippen MR) is 121 cm³/mol. The number of hydrogen-bond acceptors (Lipinski definition) is 3. The molecule has 0 saturated heterocycles. The number of amides is 1. The highest BCUT2D eigenvalue weighted by molar-refractivity contribution is 5.97. The van der Waals surface area contributed by atoms with Gasteiger partial charge in [0.15, 0.2) is 0 Å². The van der Waals surface area contributed by atoms with Crippen molar-refractivity contribution < 1.29 is 14.3 Å². The zero-order valence-electron chi connectivity index (χ0n) is 17.6. The van der Waals surface area contributed by atoms with E-state index in [-0.39, 0.29) is 11.3 Å². The number of ether oxygens (including phenoxy) is 1. The van der Waals surface area contributed by atoms with Crippen molar-refractivity contribution in [1.82, 2.24) is 5.32 Å². The van der Waals surface area contributed by atoms with E-state index in [1.165, 1.54) is 5.56 Å². The summed E-state index contributed by atoms with van der Waals surface area (Å²) in [6.45, 7) is 0.900. The minimum Gasteiger partial charge on any atom is -0.488 e. The molecule has 0 aromatic heterocycles. The minimum atomic E-state index is -0.218. The Morgan fingerprint density at radius 2 is 1.45 bits per heavy atom. The lowest BCUT2D eigenvalue weighted by atomic mass is 9.69. The highest BCUT2D eigenvalue weighted by Gasteiger charge is 2.36. The smallest absolute Gasteiger partial charge is 0.255 e. The molecule has 1 aliphatic rings. The predicted octanol–water partition coefficient (Wildman–Crippen LogP) is 5.08. The number of Topliss-reactive ketones (excluding diaryl/α,β-unsaturated/α-hetero) is 1. The van der Waals surface area contributed by atoms with Gasteiger partial charge in [-0.1, -0.05) is 72.8 Å². The van der Waals surface area contributed by atoms with Crippen LogP contribution in [0.2, 0.25) is 0 Å². The van der Waals surface area contributed by atoms with E-state index in [1.54, 1.807) is 6.07 Å². The molecule has 0 heterocycles. The first-order chi connectivity index (χ1) is 15.2. The second kappa shape index (κ2) is 9.61. The van der Waals surface area contributed by atoms with Crippen LogP contribution < -0.4 is 10.1 Å². The third-order valence-electron chi connectivity index (χ3n) is 6.11. The first-order valence-corrected chi connectivity index (χ1v) is 10.8. The van der Waals surface area contributed by atoms with Crippen molar-refractivity contribution in [2.45, 2.75) is 37.7 Å². The number of benzene rings is 3. The molecule has 3 aromatic rings. The van der Waals surface area contributed by atoms with Gasteiger partial charge in [0.1, 0.15) is 18.1 Å². The summed E-state index contributed by atoms with van der Waals surface area (Å²) in [6, 6.07) is 27.4. The van der Waals surface area contributed by atoms with Gasteiger partial charge in [0, 0.05) is 24.8 Å². The van der Waals surface area contributed by atoms with Crippen LogP contribution in [-0.2, 0) is 16.8 Å². The van der Waals surface area contributed by atoms with Crippen LogP contribution in [0.3, 0.4) is 0 Å². The maximum absolute atomic E-state index is 13.1. The van der Waals surface area contributed by atoms with Gasteiger partial charge in [-0.05, 0) is 36.1 Å². The monoisotopic (exact) mass is 413 g/mol. The van der Waals surface area contributed by atoms with Crippen molar-refractivity contribution in [2.24, 2.45) is 0 Å². The Morgan fingerprint density at radius 3 is 2.16 bits per heavy atom. The van der Waals surface area contributed by atoms with Crippen LogP contribution in [0.1, 0.15) is 47.2 Å². The highest BCUT2D eigenvalue weighted by atomic mass is 16.5. The van der Waals surface area contributed by atoms with Gasteiger partial charge >= 0.3 is 0 Å². The lowest BCUT2D eigenvalue weighted by Crippen LogP contribution is -2.43. The van der Waals surface area contributed by atoms with Crippen LogP contribution in [0.15, 0.2) is 84.9 Å².